The fourth-order valence-corrected chi connectivity index (χ4v) is 3.40. The third-order valence-corrected chi connectivity index (χ3v) is 5.14. The van der Waals surface area contributed by atoms with E-state index in [1.54, 1.807) is 0 Å². The lowest BCUT2D eigenvalue weighted by molar-refractivity contribution is 0.0121. The zero-order valence-electron chi connectivity index (χ0n) is 10.9. The van der Waals surface area contributed by atoms with Crippen LogP contribution in [0, 0.1) is 5.92 Å². The predicted octanol–water partition coefficient (Wildman–Crippen LogP) is 4.97. The number of ether oxygens (including phenoxy) is 1. The maximum Gasteiger partial charge on any atom is 0.0692 e. The van der Waals surface area contributed by atoms with E-state index in [1.807, 2.05) is 0 Å². The van der Waals surface area contributed by atoms with Crippen LogP contribution >= 0.6 is 22.6 Å². The van der Waals surface area contributed by atoms with E-state index in [9.17, 15) is 0 Å². The summed E-state index contributed by atoms with van der Waals surface area (Å²) in [7, 11) is 0. The predicted molar refractivity (Wildman–Crippen MR) is 79.3 cm³/mol. The number of alkyl halides is 1. The summed E-state index contributed by atoms with van der Waals surface area (Å²) in [5.41, 5.74) is 0. The molecule has 1 aliphatic rings. The van der Waals surface area contributed by atoms with Crippen molar-refractivity contribution in [3.05, 3.63) is 0 Å². The Morgan fingerprint density at radius 3 is 2.62 bits per heavy atom. The molecule has 1 fully saturated rings. The van der Waals surface area contributed by atoms with Gasteiger partial charge < -0.3 is 4.74 Å². The molecule has 2 heteroatoms. The van der Waals surface area contributed by atoms with Crippen LogP contribution in [-0.2, 0) is 4.74 Å². The van der Waals surface area contributed by atoms with Crippen molar-refractivity contribution in [1.82, 2.24) is 0 Å². The Hall–Kier alpha value is 0.690. The van der Waals surface area contributed by atoms with Crippen molar-refractivity contribution in [1.29, 1.82) is 0 Å². The summed E-state index contributed by atoms with van der Waals surface area (Å²) < 4.78 is 6.90. The van der Waals surface area contributed by atoms with Crippen molar-refractivity contribution in [3.63, 3.8) is 0 Å². The quantitative estimate of drug-likeness (QED) is 0.471. The summed E-state index contributed by atoms with van der Waals surface area (Å²) in [6.07, 6.45) is 11.3. The van der Waals surface area contributed by atoms with Gasteiger partial charge in [-0.25, -0.2) is 0 Å². The number of unbranched alkanes of at least 4 members (excludes halogenated alkanes) is 1. The second-order valence-electron chi connectivity index (χ2n) is 5.09. The Kier molecular flexibility index (Phi) is 8.05. The molecular weight excluding hydrogens is 311 g/mol. The van der Waals surface area contributed by atoms with E-state index in [-0.39, 0.29) is 0 Å². The van der Waals surface area contributed by atoms with E-state index < -0.39 is 0 Å². The Morgan fingerprint density at radius 1 is 1.25 bits per heavy atom. The highest BCUT2D eigenvalue weighted by Crippen LogP contribution is 2.28. The highest BCUT2D eigenvalue weighted by atomic mass is 127. The lowest BCUT2D eigenvalue weighted by Gasteiger charge is -2.29. The second kappa shape index (κ2) is 8.73. The average molecular weight is 338 g/mol. The van der Waals surface area contributed by atoms with E-state index in [0.717, 1.165) is 16.4 Å². The summed E-state index contributed by atoms with van der Waals surface area (Å²) in [6.45, 7) is 5.57. The van der Waals surface area contributed by atoms with Crippen molar-refractivity contribution >= 4 is 22.6 Å². The first-order valence-electron chi connectivity index (χ1n) is 7.03. The van der Waals surface area contributed by atoms with Gasteiger partial charge in [0.2, 0.25) is 0 Å². The Balaban J connectivity index is 2.19. The molecule has 3 unspecified atom stereocenters. The number of hydrogen-bond donors (Lipinski definition) is 0. The average Bonchev–Trinajstić information content (AvgIpc) is 2.31. The van der Waals surface area contributed by atoms with Gasteiger partial charge in [0.25, 0.3) is 0 Å². The molecule has 0 N–H and O–H groups in total. The third-order valence-electron chi connectivity index (χ3n) is 3.71. The SMILES string of the molecule is CCCCC(CC)COC1CCCCC1I. The fraction of sp³-hybridized carbons (Fsp3) is 1.00. The Bertz CT molecular complexity index is 172. The number of hydrogen-bond acceptors (Lipinski definition) is 1. The molecule has 0 aliphatic heterocycles. The zero-order chi connectivity index (χ0) is 11.8. The van der Waals surface area contributed by atoms with Gasteiger partial charge in [-0.15, -0.1) is 0 Å². The summed E-state index contributed by atoms with van der Waals surface area (Å²) in [5.74, 6) is 0.797. The lowest BCUT2D eigenvalue weighted by atomic mass is 9.97. The second-order valence-corrected chi connectivity index (χ2v) is 6.69. The summed E-state index contributed by atoms with van der Waals surface area (Å²) >= 11 is 2.58. The van der Waals surface area contributed by atoms with Crippen molar-refractivity contribution in [2.75, 3.05) is 6.61 Å². The molecule has 0 radical (unpaired) electrons. The van der Waals surface area contributed by atoms with Crippen LogP contribution in [0.4, 0.5) is 0 Å². The molecule has 3 atom stereocenters. The molecule has 0 bridgehead atoms. The van der Waals surface area contributed by atoms with E-state index in [0.29, 0.717) is 6.10 Å². The van der Waals surface area contributed by atoms with Gasteiger partial charge in [-0.3, -0.25) is 0 Å². The largest absolute Gasteiger partial charge is 0.377 e. The maximum absolute atomic E-state index is 6.14. The molecule has 0 aromatic rings. The van der Waals surface area contributed by atoms with Crippen LogP contribution in [0.5, 0.6) is 0 Å². The molecule has 0 aromatic heterocycles. The minimum atomic E-state index is 0.546. The number of rotatable bonds is 7. The molecule has 0 saturated heterocycles. The van der Waals surface area contributed by atoms with E-state index in [4.69, 9.17) is 4.74 Å². The summed E-state index contributed by atoms with van der Waals surface area (Å²) in [4.78, 5) is 0. The van der Waals surface area contributed by atoms with E-state index >= 15 is 0 Å². The smallest absolute Gasteiger partial charge is 0.0692 e. The molecule has 0 amide bonds. The molecule has 1 saturated carbocycles. The molecule has 96 valence electrons. The normalized spacial score (nSPS) is 27.9. The first-order chi connectivity index (χ1) is 7.77. The lowest BCUT2D eigenvalue weighted by Crippen LogP contribution is -2.29. The van der Waals surface area contributed by atoms with Crippen molar-refractivity contribution in [3.8, 4) is 0 Å². The van der Waals surface area contributed by atoms with Crippen molar-refractivity contribution in [2.45, 2.75) is 75.2 Å². The van der Waals surface area contributed by atoms with Crippen LogP contribution in [0.1, 0.15) is 65.2 Å². The first-order valence-corrected chi connectivity index (χ1v) is 8.28. The van der Waals surface area contributed by atoms with Crippen LogP contribution in [0.2, 0.25) is 0 Å². The molecule has 1 aliphatic carbocycles. The fourth-order valence-electron chi connectivity index (χ4n) is 2.40. The molecule has 16 heavy (non-hydrogen) atoms. The third kappa shape index (κ3) is 5.35. The zero-order valence-corrected chi connectivity index (χ0v) is 13.0. The van der Waals surface area contributed by atoms with Crippen LogP contribution in [0.15, 0.2) is 0 Å². The standard InChI is InChI=1S/C14H27IO/c1-3-5-8-12(4-2)11-16-14-10-7-6-9-13(14)15/h12-14H,3-11H2,1-2H3. The highest BCUT2D eigenvalue weighted by molar-refractivity contribution is 14.1. The van der Waals surface area contributed by atoms with Gasteiger partial charge in [0.15, 0.2) is 0 Å². The first kappa shape index (κ1) is 14.7. The van der Waals surface area contributed by atoms with Gasteiger partial charge in [0, 0.05) is 10.5 Å². The van der Waals surface area contributed by atoms with Crippen LogP contribution in [0.25, 0.3) is 0 Å². The van der Waals surface area contributed by atoms with Crippen molar-refractivity contribution in [2.24, 2.45) is 5.92 Å². The Labute approximate surface area is 115 Å². The topological polar surface area (TPSA) is 9.23 Å². The van der Waals surface area contributed by atoms with Crippen LogP contribution < -0.4 is 0 Å². The van der Waals surface area contributed by atoms with E-state index in [2.05, 4.69) is 36.4 Å². The molecule has 0 heterocycles. The summed E-state index contributed by atoms with van der Waals surface area (Å²) in [5, 5.41) is 0. The van der Waals surface area contributed by atoms with Gasteiger partial charge in [-0.05, 0) is 25.2 Å². The van der Waals surface area contributed by atoms with Crippen LogP contribution in [-0.4, -0.2) is 16.6 Å². The van der Waals surface area contributed by atoms with Gasteiger partial charge >= 0.3 is 0 Å². The van der Waals surface area contributed by atoms with E-state index in [1.165, 1.54) is 51.4 Å². The molecule has 1 rings (SSSR count). The maximum atomic E-state index is 6.14. The Morgan fingerprint density at radius 2 is 2.00 bits per heavy atom. The minimum Gasteiger partial charge on any atom is -0.377 e. The molecular formula is C14H27IO. The monoisotopic (exact) mass is 338 g/mol. The van der Waals surface area contributed by atoms with Gasteiger partial charge in [-0.2, -0.15) is 0 Å². The molecule has 0 spiro atoms. The highest BCUT2D eigenvalue weighted by Gasteiger charge is 2.23. The van der Waals surface area contributed by atoms with Gasteiger partial charge in [0.05, 0.1) is 6.10 Å². The molecule has 1 nitrogen and oxygen atoms in total. The van der Waals surface area contributed by atoms with Gasteiger partial charge in [0.1, 0.15) is 0 Å². The molecule has 0 aromatic carbocycles. The van der Waals surface area contributed by atoms with Crippen LogP contribution in [0.3, 0.4) is 0 Å². The van der Waals surface area contributed by atoms with Gasteiger partial charge in [-0.1, -0.05) is 68.5 Å². The number of halogens is 1. The minimum absolute atomic E-state index is 0.546. The summed E-state index contributed by atoms with van der Waals surface area (Å²) in [6, 6.07) is 0. The van der Waals surface area contributed by atoms with Crippen molar-refractivity contribution < 1.29 is 4.74 Å².